The van der Waals surface area contributed by atoms with Crippen LogP contribution in [0.15, 0.2) is 11.7 Å². The van der Waals surface area contributed by atoms with Crippen molar-refractivity contribution in [3.8, 4) is 0 Å². The maximum atomic E-state index is 6.22. The van der Waals surface area contributed by atoms with Crippen LogP contribution in [-0.2, 0) is 11.2 Å². The lowest BCUT2D eigenvalue weighted by Crippen LogP contribution is -2.52. The van der Waals surface area contributed by atoms with Crippen molar-refractivity contribution in [1.82, 2.24) is 10.3 Å². The summed E-state index contributed by atoms with van der Waals surface area (Å²) in [5.41, 5.74) is 1.97. The summed E-state index contributed by atoms with van der Waals surface area (Å²) in [6.45, 7) is 6.22. The van der Waals surface area contributed by atoms with Crippen LogP contribution in [0.4, 0.5) is 0 Å². The molecule has 1 unspecified atom stereocenters. The molecular weight excluding hydrogens is 256 g/mol. The minimum absolute atomic E-state index is 0.0495. The molecule has 0 aromatic carbocycles. The molecule has 0 bridgehead atoms. The first kappa shape index (κ1) is 14.9. The Morgan fingerprint density at radius 3 is 2.79 bits per heavy atom. The van der Waals surface area contributed by atoms with Crippen molar-refractivity contribution in [3.63, 3.8) is 0 Å². The number of hydrogen-bond acceptors (Lipinski definition) is 4. The number of ether oxygens (including phenoxy) is 1. The van der Waals surface area contributed by atoms with E-state index in [0.717, 1.165) is 19.6 Å². The quantitative estimate of drug-likeness (QED) is 0.793. The molecule has 0 spiro atoms. The maximum Gasteiger partial charge on any atom is 0.0838 e. The van der Waals surface area contributed by atoms with E-state index in [9.17, 15) is 0 Å². The molecule has 1 saturated carbocycles. The molecule has 1 atom stereocenters. The summed E-state index contributed by atoms with van der Waals surface area (Å²) in [7, 11) is 0. The van der Waals surface area contributed by atoms with Crippen molar-refractivity contribution in [3.05, 3.63) is 16.6 Å². The third kappa shape index (κ3) is 3.77. The fourth-order valence-corrected chi connectivity index (χ4v) is 3.80. The second-order valence-corrected chi connectivity index (χ2v) is 6.35. The van der Waals surface area contributed by atoms with Gasteiger partial charge in [-0.2, -0.15) is 0 Å². The lowest BCUT2D eigenvalue weighted by atomic mass is 9.89. The monoisotopic (exact) mass is 282 g/mol. The first-order valence-corrected chi connectivity index (χ1v) is 8.43. The number of aromatic nitrogens is 1. The molecule has 0 amide bonds. The predicted octanol–water partition coefficient (Wildman–Crippen LogP) is 3.40. The van der Waals surface area contributed by atoms with Crippen molar-refractivity contribution in [2.24, 2.45) is 0 Å². The minimum atomic E-state index is 0.0495. The zero-order valence-electron chi connectivity index (χ0n) is 12.2. The van der Waals surface area contributed by atoms with E-state index in [-0.39, 0.29) is 5.60 Å². The molecule has 1 heterocycles. The molecule has 4 heteroatoms. The normalized spacial score (nSPS) is 19.7. The third-order valence-electron chi connectivity index (χ3n) is 4.05. The molecule has 1 aromatic rings. The molecule has 19 heavy (non-hydrogen) atoms. The summed E-state index contributed by atoms with van der Waals surface area (Å²) in [6, 6.07) is 0.426. The molecule has 2 rings (SSSR count). The Bertz CT molecular complexity index is 347. The third-order valence-corrected chi connectivity index (χ3v) is 4.85. The molecular formula is C15H26N2OS. The number of rotatable bonds is 8. The standard InChI is InChI=1S/C15H26N2OS/c1-3-9-17-14(10-13-11-16-12-19-13)15(18-4-2)7-5-6-8-15/h11-12,14,17H,3-10H2,1-2H3. The van der Waals surface area contributed by atoms with Gasteiger partial charge in [0.25, 0.3) is 0 Å². The zero-order chi connectivity index (χ0) is 13.6. The van der Waals surface area contributed by atoms with Crippen molar-refractivity contribution >= 4 is 11.3 Å². The molecule has 1 fully saturated rings. The zero-order valence-corrected chi connectivity index (χ0v) is 13.0. The molecule has 1 aromatic heterocycles. The number of hydrogen-bond donors (Lipinski definition) is 1. The van der Waals surface area contributed by atoms with Crippen LogP contribution in [0.3, 0.4) is 0 Å². The highest BCUT2D eigenvalue weighted by Gasteiger charge is 2.41. The van der Waals surface area contributed by atoms with Crippen LogP contribution in [0.2, 0.25) is 0 Å². The van der Waals surface area contributed by atoms with Crippen LogP contribution in [0.25, 0.3) is 0 Å². The molecule has 3 nitrogen and oxygen atoms in total. The van der Waals surface area contributed by atoms with Crippen LogP contribution in [0.1, 0.15) is 50.8 Å². The van der Waals surface area contributed by atoms with Crippen molar-refractivity contribution in [2.75, 3.05) is 13.2 Å². The molecule has 0 aliphatic heterocycles. The second-order valence-electron chi connectivity index (χ2n) is 5.38. The second kappa shape index (κ2) is 7.36. The Morgan fingerprint density at radius 1 is 1.42 bits per heavy atom. The Hall–Kier alpha value is -0.450. The maximum absolute atomic E-state index is 6.22. The van der Waals surface area contributed by atoms with E-state index in [1.165, 1.54) is 37.0 Å². The van der Waals surface area contributed by atoms with Gasteiger partial charge in [-0.25, -0.2) is 0 Å². The van der Waals surface area contributed by atoms with Gasteiger partial charge in [0.1, 0.15) is 0 Å². The molecule has 0 saturated heterocycles. The molecule has 0 radical (unpaired) electrons. The van der Waals surface area contributed by atoms with Gasteiger partial charge in [0, 0.05) is 30.1 Å². The van der Waals surface area contributed by atoms with Crippen LogP contribution < -0.4 is 5.32 Å². The highest BCUT2D eigenvalue weighted by atomic mass is 32.1. The van der Waals surface area contributed by atoms with E-state index in [1.54, 1.807) is 11.3 Å². The molecule has 108 valence electrons. The van der Waals surface area contributed by atoms with Crippen LogP contribution in [0, 0.1) is 0 Å². The number of nitrogens with one attached hydrogen (secondary N) is 1. The predicted molar refractivity (Wildman–Crippen MR) is 80.7 cm³/mol. The first-order chi connectivity index (χ1) is 9.30. The average Bonchev–Trinajstić information content (AvgIpc) is 3.06. The Balaban J connectivity index is 2.09. The van der Waals surface area contributed by atoms with E-state index in [4.69, 9.17) is 4.74 Å². The van der Waals surface area contributed by atoms with Gasteiger partial charge in [0.05, 0.1) is 11.1 Å². The highest BCUT2D eigenvalue weighted by molar-refractivity contribution is 7.09. The van der Waals surface area contributed by atoms with Gasteiger partial charge < -0.3 is 10.1 Å². The van der Waals surface area contributed by atoms with Gasteiger partial charge >= 0.3 is 0 Å². The van der Waals surface area contributed by atoms with E-state index in [1.807, 2.05) is 11.7 Å². The summed E-state index contributed by atoms with van der Waals surface area (Å²) in [5, 5.41) is 3.73. The fourth-order valence-electron chi connectivity index (χ4n) is 3.16. The summed E-state index contributed by atoms with van der Waals surface area (Å²) in [6.07, 6.45) is 9.20. The van der Waals surface area contributed by atoms with Crippen LogP contribution in [-0.4, -0.2) is 29.8 Å². The minimum Gasteiger partial charge on any atom is -0.374 e. The van der Waals surface area contributed by atoms with Gasteiger partial charge in [-0.3, -0.25) is 4.98 Å². The van der Waals surface area contributed by atoms with Crippen molar-refractivity contribution in [1.29, 1.82) is 0 Å². The van der Waals surface area contributed by atoms with Crippen molar-refractivity contribution < 1.29 is 4.74 Å². The summed E-state index contributed by atoms with van der Waals surface area (Å²) in [5.74, 6) is 0. The molecule has 1 aliphatic rings. The van der Waals surface area contributed by atoms with E-state index >= 15 is 0 Å². The van der Waals surface area contributed by atoms with Gasteiger partial charge in [0.15, 0.2) is 0 Å². The van der Waals surface area contributed by atoms with E-state index < -0.39 is 0 Å². The van der Waals surface area contributed by atoms with Gasteiger partial charge in [-0.1, -0.05) is 19.8 Å². The topological polar surface area (TPSA) is 34.2 Å². The average molecular weight is 282 g/mol. The Kier molecular flexibility index (Phi) is 5.79. The fraction of sp³-hybridized carbons (Fsp3) is 0.800. The van der Waals surface area contributed by atoms with Gasteiger partial charge in [-0.05, 0) is 32.7 Å². The number of thiazole rings is 1. The van der Waals surface area contributed by atoms with Crippen molar-refractivity contribution in [2.45, 2.75) is 64.0 Å². The molecule has 1 aliphatic carbocycles. The van der Waals surface area contributed by atoms with E-state index in [0.29, 0.717) is 6.04 Å². The van der Waals surface area contributed by atoms with E-state index in [2.05, 4.69) is 24.1 Å². The summed E-state index contributed by atoms with van der Waals surface area (Å²) >= 11 is 1.75. The first-order valence-electron chi connectivity index (χ1n) is 7.55. The Labute approximate surface area is 120 Å². The smallest absolute Gasteiger partial charge is 0.0838 e. The number of nitrogens with zero attached hydrogens (tertiary/aromatic N) is 1. The largest absolute Gasteiger partial charge is 0.374 e. The lowest BCUT2D eigenvalue weighted by molar-refractivity contribution is -0.0610. The van der Waals surface area contributed by atoms with Crippen LogP contribution in [0.5, 0.6) is 0 Å². The van der Waals surface area contributed by atoms with Gasteiger partial charge in [0.2, 0.25) is 0 Å². The highest BCUT2D eigenvalue weighted by Crippen LogP contribution is 2.37. The molecule has 1 N–H and O–H groups in total. The summed E-state index contributed by atoms with van der Waals surface area (Å²) < 4.78 is 6.22. The summed E-state index contributed by atoms with van der Waals surface area (Å²) in [4.78, 5) is 5.56. The van der Waals surface area contributed by atoms with Crippen LogP contribution >= 0.6 is 11.3 Å². The SMILES string of the molecule is CCCNC(Cc1cncs1)C1(OCC)CCCC1. The Morgan fingerprint density at radius 2 is 2.21 bits per heavy atom. The van der Waals surface area contributed by atoms with Gasteiger partial charge in [-0.15, -0.1) is 11.3 Å². The lowest BCUT2D eigenvalue weighted by Gasteiger charge is -2.38.